The molecular formula is C13H14FN3O. The molecule has 4 nitrogen and oxygen atoms in total. The molecule has 94 valence electrons. The van der Waals surface area contributed by atoms with E-state index in [1.807, 2.05) is 0 Å². The highest BCUT2D eigenvalue weighted by Crippen LogP contribution is 2.32. The Morgan fingerprint density at radius 2 is 2.22 bits per heavy atom. The Morgan fingerprint density at radius 1 is 1.44 bits per heavy atom. The smallest absolute Gasteiger partial charge is 0.161 e. The maximum atomic E-state index is 13.8. The Balaban J connectivity index is 1.96. The first-order valence-electron chi connectivity index (χ1n) is 6.02. The second-order valence-corrected chi connectivity index (χ2v) is 4.79. The van der Waals surface area contributed by atoms with Crippen molar-refractivity contribution in [2.24, 2.45) is 13.0 Å². The fourth-order valence-corrected chi connectivity index (χ4v) is 2.02. The highest BCUT2D eigenvalue weighted by Gasteiger charge is 2.24. The Bertz CT molecular complexity index is 590. The molecule has 1 aliphatic carbocycles. The van der Waals surface area contributed by atoms with Crippen molar-refractivity contribution in [2.45, 2.75) is 19.3 Å². The first-order chi connectivity index (χ1) is 8.63. The molecule has 3 rings (SSSR count). The summed E-state index contributed by atoms with van der Waals surface area (Å²) in [6, 6.07) is 4.06. The molecule has 0 amide bonds. The molecule has 0 spiro atoms. The summed E-state index contributed by atoms with van der Waals surface area (Å²) in [6.07, 6.45) is 3.34. The molecule has 18 heavy (non-hydrogen) atoms. The highest BCUT2D eigenvalue weighted by molar-refractivity contribution is 5.57. The summed E-state index contributed by atoms with van der Waals surface area (Å²) in [6.45, 7) is 0. The Hall–Kier alpha value is -1.91. The van der Waals surface area contributed by atoms with Crippen molar-refractivity contribution in [1.82, 2.24) is 14.8 Å². The van der Waals surface area contributed by atoms with E-state index in [0.29, 0.717) is 17.3 Å². The van der Waals surface area contributed by atoms with Gasteiger partial charge in [-0.05, 0) is 30.9 Å². The van der Waals surface area contributed by atoms with E-state index >= 15 is 0 Å². The molecule has 1 aliphatic rings. The summed E-state index contributed by atoms with van der Waals surface area (Å²) in [5.74, 6) is 1.40. The van der Waals surface area contributed by atoms with Gasteiger partial charge in [0.2, 0.25) is 0 Å². The van der Waals surface area contributed by atoms with Gasteiger partial charge >= 0.3 is 0 Å². The van der Waals surface area contributed by atoms with Gasteiger partial charge < -0.3 is 5.11 Å². The fraction of sp³-hybridized carbons (Fsp3) is 0.385. The lowest BCUT2D eigenvalue weighted by atomic mass is 10.2. The van der Waals surface area contributed by atoms with Crippen LogP contribution in [0.3, 0.4) is 0 Å². The monoisotopic (exact) mass is 247 g/mol. The number of halogens is 1. The van der Waals surface area contributed by atoms with Gasteiger partial charge in [-0.2, -0.15) is 5.10 Å². The summed E-state index contributed by atoms with van der Waals surface area (Å²) in [7, 11) is 1.75. The number of hydrogen-bond acceptors (Lipinski definition) is 3. The van der Waals surface area contributed by atoms with Gasteiger partial charge in [-0.3, -0.25) is 0 Å². The van der Waals surface area contributed by atoms with Crippen LogP contribution in [0, 0.1) is 11.7 Å². The number of rotatable bonds is 3. The van der Waals surface area contributed by atoms with E-state index in [4.69, 9.17) is 0 Å². The van der Waals surface area contributed by atoms with Gasteiger partial charge in [0.05, 0.1) is 5.56 Å². The molecule has 1 aromatic heterocycles. The van der Waals surface area contributed by atoms with E-state index in [9.17, 15) is 9.50 Å². The van der Waals surface area contributed by atoms with Gasteiger partial charge in [-0.1, -0.05) is 0 Å². The van der Waals surface area contributed by atoms with Crippen LogP contribution in [0.5, 0.6) is 5.75 Å². The van der Waals surface area contributed by atoms with Crippen molar-refractivity contribution in [3.05, 3.63) is 29.8 Å². The van der Waals surface area contributed by atoms with Crippen LogP contribution in [0.4, 0.5) is 4.39 Å². The third-order valence-corrected chi connectivity index (χ3v) is 3.17. The van der Waals surface area contributed by atoms with Crippen molar-refractivity contribution in [1.29, 1.82) is 0 Å². The van der Waals surface area contributed by atoms with Gasteiger partial charge in [-0.25, -0.2) is 14.1 Å². The molecule has 2 aromatic rings. The topological polar surface area (TPSA) is 50.9 Å². The van der Waals surface area contributed by atoms with E-state index in [2.05, 4.69) is 10.1 Å². The summed E-state index contributed by atoms with van der Waals surface area (Å²) < 4.78 is 15.3. The van der Waals surface area contributed by atoms with Crippen molar-refractivity contribution in [2.75, 3.05) is 0 Å². The summed E-state index contributed by atoms with van der Waals surface area (Å²) in [5, 5.41) is 13.5. The number of hydrogen-bond donors (Lipinski definition) is 1. The SMILES string of the molecule is Cn1nc(CC2CC2)nc1-c1ccc(O)cc1F. The Kier molecular flexibility index (Phi) is 2.54. The van der Waals surface area contributed by atoms with E-state index in [1.54, 1.807) is 11.7 Å². The minimum Gasteiger partial charge on any atom is -0.508 e. The maximum absolute atomic E-state index is 13.8. The molecule has 0 aliphatic heterocycles. The highest BCUT2D eigenvalue weighted by atomic mass is 19.1. The number of phenolic OH excluding ortho intramolecular Hbond substituents is 1. The molecule has 0 unspecified atom stereocenters. The first-order valence-corrected chi connectivity index (χ1v) is 6.02. The molecule has 1 fully saturated rings. The molecule has 0 bridgehead atoms. The average molecular weight is 247 g/mol. The predicted molar refractivity (Wildman–Crippen MR) is 64.5 cm³/mol. The summed E-state index contributed by atoms with van der Waals surface area (Å²) in [5.41, 5.74) is 0.366. The van der Waals surface area contributed by atoms with Crippen LogP contribution in [0.1, 0.15) is 18.7 Å². The summed E-state index contributed by atoms with van der Waals surface area (Å²) >= 11 is 0. The number of phenols is 1. The third kappa shape index (κ3) is 2.08. The molecule has 0 saturated heterocycles. The zero-order chi connectivity index (χ0) is 12.7. The van der Waals surface area contributed by atoms with Crippen LogP contribution < -0.4 is 0 Å². The molecule has 0 radical (unpaired) electrons. The van der Waals surface area contributed by atoms with E-state index in [1.165, 1.54) is 25.0 Å². The molecule has 1 heterocycles. The van der Waals surface area contributed by atoms with Crippen molar-refractivity contribution >= 4 is 0 Å². The molecule has 1 N–H and O–H groups in total. The lowest BCUT2D eigenvalue weighted by Crippen LogP contribution is -1.96. The van der Waals surface area contributed by atoms with Crippen LogP contribution in [-0.2, 0) is 13.5 Å². The van der Waals surface area contributed by atoms with Crippen molar-refractivity contribution in [3.63, 3.8) is 0 Å². The van der Waals surface area contributed by atoms with E-state index < -0.39 is 5.82 Å². The second kappa shape index (κ2) is 4.08. The normalized spacial score (nSPS) is 15.0. The minimum absolute atomic E-state index is 0.0865. The van der Waals surface area contributed by atoms with Crippen LogP contribution in [0.15, 0.2) is 18.2 Å². The maximum Gasteiger partial charge on any atom is 0.161 e. The zero-order valence-electron chi connectivity index (χ0n) is 10.1. The number of nitrogens with zero attached hydrogens (tertiary/aromatic N) is 3. The number of benzene rings is 1. The van der Waals surface area contributed by atoms with Crippen molar-refractivity contribution in [3.8, 4) is 17.1 Å². The van der Waals surface area contributed by atoms with Crippen LogP contribution in [-0.4, -0.2) is 19.9 Å². The molecule has 5 heteroatoms. The van der Waals surface area contributed by atoms with Gasteiger partial charge in [-0.15, -0.1) is 0 Å². The Labute approximate surface area is 104 Å². The predicted octanol–water partition coefficient (Wildman–Crippen LogP) is 2.28. The lowest BCUT2D eigenvalue weighted by molar-refractivity contribution is 0.469. The van der Waals surface area contributed by atoms with E-state index in [-0.39, 0.29) is 5.75 Å². The standard InChI is InChI=1S/C13H14FN3O/c1-17-13(10-5-4-9(18)7-11(10)14)15-12(16-17)6-8-2-3-8/h4-5,7-8,18H,2-3,6H2,1H3. The Morgan fingerprint density at radius 3 is 2.89 bits per heavy atom. The van der Waals surface area contributed by atoms with Gasteiger partial charge in [0.25, 0.3) is 0 Å². The third-order valence-electron chi connectivity index (χ3n) is 3.17. The van der Waals surface area contributed by atoms with Gasteiger partial charge in [0, 0.05) is 19.5 Å². The molecule has 1 saturated carbocycles. The van der Waals surface area contributed by atoms with Crippen LogP contribution >= 0.6 is 0 Å². The quantitative estimate of drug-likeness (QED) is 0.905. The minimum atomic E-state index is -0.483. The number of aryl methyl sites for hydroxylation is 1. The number of aromatic hydroxyl groups is 1. The van der Waals surface area contributed by atoms with Crippen LogP contribution in [0.25, 0.3) is 11.4 Å². The largest absolute Gasteiger partial charge is 0.508 e. The van der Waals surface area contributed by atoms with Crippen LogP contribution in [0.2, 0.25) is 0 Å². The molecular weight excluding hydrogens is 233 g/mol. The lowest BCUT2D eigenvalue weighted by Gasteiger charge is -2.02. The fourth-order valence-electron chi connectivity index (χ4n) is 2.02. The number of aromatic nitrogens is 3. The zero-order valence-corrected chi connectivity index (χ0v) is 10.1. The van der Waals surface area contributed by atoms with Crippen molar-refractivity contribution < 1.29 is 9.50 Å². The average Bonchev–Trinajstić information content (AvgIpc) is 3.03. The van der Waals surface area contributed by atoms with E-state index in [0.717, 1.165) is 18.3 Å². The van der Waals surface area contributed by atoms with Gasteiger partial charge in [0.1, 0.15) is 11.6 Å². The summed E-state index contributed by atoms with van der Waals surface area (Å²) in [4.78, 5) is 4.38. The molecule has 1 aromatic carbocycles. The molecule has 0 atom stereocenters. The first kappa shape index (κ1) is 11.2. The second-order valence-electron chi connectivity index (χ2n) is 4.79. The van der Waals surface area contributed by atoms with Gasteiger partial charge in [0.15, 0.2) is 11.6 Å².